The van der Waals surface area contributed by atoms with Crippen LogP contribution in [0, 0.1) is 10.1 Å². The summed E-state index contributed by atoms with van der Waals surface area (Å²) in [4.78, 5) is 10.9. The zero-order valence-electron chi connectivity index (χ0n) is 8.08. The van der Waals surface area contributed by atoms with E-state index in [9.17, 15) is 10.1 Å². The van der Waals surface area contributed by atoms with Gasteiger partial charge in [-0.05, 0) is 6.07 Å². The van der Waals surface area contributed by atoms with Crippen molar-refractivity contribution in [3.8, 4) is 0 Å². The predicted molar refractivity (Wildman–Crippen MR) is 55.7 cm³/mol. The summed E-state index contributed by atoms with van der Waals surface area (Å²) in [6, 6.07) is 3.22. The third-order valence-electron chi connectivity index (χ3n) is 1.80. The molecule has 0 aliphatic heterocycles. The van der Waals surface area contributed by atoms with E-state index < -0.39 is 4.92 Å². The van der Waals surface area contributed by atoms with Crippen LogP contribution in [0.25, 0.3) is 0 Å². The van der Waals surface area contributed by atoms with Crippen molar-refractivity contribution >= 4 is 16.3 Å². The van der Waals surface area contributed by atoms with Crippen LogP contribution in [0.4, 0.5) is 5.00 Å². The SMILES string of the molecule is O=[N+]([O-])c1ccc(CNCc2nn[nH]n2)s1. The number of aromatic nitrogens is 4. The van der Waals surface area contributed by atoms with E-state index in [0.717, 1.165) is 16.2 Å². The molecule has 84 valence electrons. The number of hydrogen-bond donors (Lipinski definition) is 2. The zero-order valence-corrected chi connectivity index (χ0v) is 8.90. The maximum absolute atomic E-state index is 10.4. The average molecular weight is 240 g/mol. The number of rotatable bonds is 5. The average Bonchev–Trinajstić information content (AvgIpc) is 2.87. The van der Waals surface area contributed by atoms with E-state index in [4.69, 9.17) is 0 Å². The lowest BCUT2D eigenvalue weighted by Gasteiger charge is -1.97. The Hall–Kier alpha value is -1.87. The monoisotopic (exact) mass is 240 g/mol. The van der Waals surface area contributed by atoms with Crippen molar-refractivity contribution in [3.63, 3.8) is 0 Å². The van der Waals surface area contributed by atoms with Gasteiger partial charge in [-0.1, -0.05) is 16.6 Å². The van der Waals surface area contributed by atoms with Crippen LogP contribution < -0.4 is 5.32 Å². The number of nitrogens with zero attached hydrogens (tertiary/aromatic N) is 4. The van der Waals surface area contributed by atoms with Gasteiger partial charge in [-0.2, -0.15) is 5.21 Å². The molecule has 0 aromatic carbocycles. The number of hydrogen-bond acceptors (Lipinski definition) is 7. The first-order valence-electron chi connectivity index (χ1n) is 4.42. The van der Waals surface area contributed by atoms with E-state index in [1.54, 1.807) is 6.07 Å². The third-order valence-corrected chi connectivity index (χ3v) is 2.84. The minimum atomic E-state index is -0.395. The molecule has 16 heavy (non-hydrogen) atoms. The molecular weight excluding hydrogens is 232 g/mol. The fourth-order valence-corrected chi connectivity index (χ4v) is 1.90. The Morgan fingerprint density at radius 2 is 2.38 bits per heavy atom. The van der Waals surface area contributed by atoms with Gasteiger partial charge in [-0.25, -0.2) is 0 Å². The van der Waals surface area contributed by atoms with E-state index >= 15 is 0 Å². The highest BCUT2D eigenvalue weighted by Gasteiger charge is 2.09. The standard InChI is InChI=1S/C7H8N6O2S/c14-13(15)7-2-1-5(16-7)3-8-4-6-9-11-12-10-6/h1-2,8H,3-4H2,(H,9,10,11,12). The van der Waals surface area contributed by atoms with Crippen LogP contribution in [0.2, 0.25) is 0 Å². The van der Waals surface area contributed by atoms with Gasteiger partial charge in [0.1, 0.15) is 0 Å². The molecule has 2 rings (SSSR count). The van der Waals surface area contributed by atoms with Crippen molar-refractivity contribution in [1.29, 1.82) is 0 Å². The molecule has 2 N–H and O–H groups in total. The summed E-state index contributed by atoms with van der Waals surface area (Å²) in [5.74, 6) is 0.561. The Kier molecular flexibility index (Phi) is 3.17. The van der Waals surface area contributed by atoms with Crippen molar-refractivity contribution < 1.29 is 4.92 Å². The fourth-order valence-electron chi connectivity index (χ4n) is 1.11. The molecule has 0 unspecified atom stereocenters. The zero-order chi connectivity index (χ0) is 11.4. The summed E-state index contributed by atoms with van der Waals surface area (Å²) in [6.45, 7) is 1.02. The highest BCUT2D eigenvalue weighted by molar-refractivity contribution is 7.15. The normalized spacial score (nSPS) is 10.5. The number of H-pyrrole nitrogens is 1. The minimum Gasteiger partial charge on any atom is -0.305 e. The van der Waals surface area contributed by atoms with Gasteiger partial charge >= 0.3 is 5.00 Å². The van der Waals surface area contributed by atoms with Crippen LogP contribution >= 0.6 is 11.3 Å². The van der Waals surface area contributed by atoms with E-state index in [0.29, 0.717) is 18.9 Å². The second-order valence-electron chi connectivity index (χ2n) is 2.93. The van der Waals surface area contributed by atoms with Gasteiger partial charge in [0.25, 0.3) is 0 Å². The van der Waals surface area contributed by atoms with Gasteiger partial charge in [0.2, 0.25) is 0 Å². The van der Waals surface area contributed by atoms with Gasteiger partial charge < -0.3 is 5.32 Å². The number of tetrazole rings is 1. The molecule has 0 amide bonds. The molecular formula is C7H8N6O2S. The quantitative estimate of drug-likeness (QED) is 0.580. The molecule has 0 atom stereocenters. The molecule has 0 radical (unpaired) electrons. The van der Waals surface area contributed by atoms with Crippen LogP contribution in [0.3, 0.4) is 0 Å². The first-order valence-corrected chi connectivity index (χ1v) is 5.23. The van der Waals surface area contributed by atoms with Crippen molar-refractivity contribution in [3.05, 3.63) is 32.9 Å². The molecule has 0 saturated heterocycles. The van der Waals surface area contributed by atoms with Gasteiger partial charge in [0.05, 0.1) is 11.5 Å². The summed E-state index contributed by atoms with van der Waals surface area (Å²) in [6.07, 6.45) is 0. The van der Waals surface area contributed by atoms with Crippen molar-refractivity contribution in [2.24, 2.45) is 0 Å². The molecule has 2 aromatic rings. The van der Waals surface area contributed by atoms with Gasteiger partial charge in [-0.3, -0.25) is 10.1 Å². The van der Waals surface area contributed by atoms with Gasteiger partial charge in [0, 0.05) is 17.5 Å². The molecule has 0 bridgehead atoms. The Labute approximate surface area is 93.8 Å². The molecule has 0 fully saturated rings. The Bertz CT molecular complexity index is 467. The molecule has 0 aliphatic rings. The van der Waals surface area contributed by atoms with Crippen molar-refractivity contribution in [1.82, 2.24) is 25.9 Å². The number of nitro groups is 1. The molecule has 8 nitrogen and oxygen atoms in total. The van der Waals surface area contributed by atoms with Crippen molar-refractivity contribution in [2.45, 2.75) is 13.1 Å². The van der Waals surface area contributed by atoms with Crippen LogP contribution in [0.5, 0.6) is 0 Å². The van der Waals surface area contributed by atoms with Gasteiger partial charge in [-0.15, -0.1) is 10.2 Å². The van der Waals surface area contributed by atoms with Crippen molar-refractivity contribution in [2.75, 3.05) is 0 Å². The summed E-state index contributed by atoms with van der Waals surface area (Å²) in [5, 5.41) is 26.9. The lowest BCUT2D eigenvalue weighted by molar-refractivity contribution is -0.380. The second-order valence-corrected chi connectivity index (χ2v) is 4.08. The van der Waals surface area contributed by atoms with E-state index in [-0.39, 0.29) is 5.00 Å². The van der Waals surface area contributed by atoms with Crippen LogP contribution in [-0.2, 0) is 13.1 Å². The van der Waals surface area contributed by atoms with E-state index in [2.05, 4.69) is 25.9 Å². The molecule has 2 aromatic heterocycles. The first kappa shape index (κ1) is 10.6. The van der Waals surface area contributed by atoms with E-state index in [1.807, 2.05) is 0 Å². The smallest absolute Gasteiger partial charge is 0.305 e. The molecule has 2 heterocycles. The largest absolute Gasteiger partial charge is 0.324 e. The highest BCUT2D eigenvalue weighted by atomic mass is 32.1. The molecule has 9 heteroatoms. The van der Waals surface area contributed by atoms with Crippen LogP contribution in [-0.4, -0.2) is 25.5 Å². The predicted octanol–water partition coefficient (Wildman–Crippen LogP) is 0.459. The highest BCUT2D eigenvalue weighted by Crippen LogP contribution is 2.23. The maximum atomic E-state index is 10.4. The second kappa shape index (κ2) is 4.77. The Morgan fingerprint density at radius 3 is 3.00 bits per heavy atom. The lowest BCUT2D eigenvalue weighted by atomic mass is 10.4. The molecule has 0 spiro atoms. The summed E-state index contributed by atoms with van der Waals surface area (Å²) < 4.78 is 0. The van der Waals surface area contributed by atoms with Gasteiger partial charge in [0.15, 0.2) is 5.82 Å². The maximum Gasteiger partial charge on any atom is 0.324 e. The fraction of sp³-hybridized carbons (Fsp3) is 0.286. The Balaban J connectivity index is 1.83. The molecule has 0 saturated carbocycles. The summed E-state index contributed by atoms with van der Waals surface area (Å²) >= 11 is 1.15. The topological polar surface area (TPSA) is 110 Å². The molecule has 0 aliphatic carbocycles. The first-order chi connectivity index (χ1) is 7.75. The summed E-state index contributed by atoms with van der Waals surface area (Å²) in [7, 11) is 0. The Morgan fingerprint density at radius 1 is 1.50 bits per heavy atom. The van der Waals surface area contributed by atoms with Crippen LogP contribution in [0.15, 0.2) is 12.1 Å². The minimum absolute atomic E-state index is 0.149. The third kappa shape index (κ3) is 2.58. The lowest BCUT2D eigenvalue weighted by Crippen LogP contribution is -2.12. The number of nitrogens with one attached hydrogen (secondary N) is 2. The number of thiophene rings is 1. The van der Waals surface area contributed by atoms with Crippen LogP contribution in [0.1, 0.15) is 10.7 Å². The van der Waals surface area contributed by atoms with E-state index in [1.165, 1.54) is 6.07 Å². The number of aromatic amines is 1. The summed E-state index contributed by atoms with van der Waals surface area (Å²) in [5.41, 5.74) is 0.